The minimum atomic E-state index is 0.198. The molecule has 0 spiro atoms. The molecule has 1 aliphatic carbocycles. The first-order valence-electron chi connectivity index (χ1n) is 6.36. The fraction of sp³-hybridized carbons (Fsp3) is 0.250. The van der Waals surface area contributed by atoms with Crippen molar-refractivity contribution in [3.63, 3.8) is 0 Å². The van der Waals surface area contributed by atoms with Gasteiger partial charge in [0.2, 0.25) is 0 Å². The Labute approximate surface area is 135 Å². The molecule has 1 unspecified atom stereocenters. The normalized spacial score (nSPS) is 15.3. The molecule has 1 atom stereocenters. The molecule has 19 heavy (non-hydrogen) atoms. The van der Waals surface area contributed by atoms with Crippen molar-refractivity contribution in [3.05, 3.63) is 68.1 Å². The second-order valence-corrected chi connectivity index (χ2v) is 7.10. The van der Waals surface area contributed by atoms with Crippen molar-refractivity contribution in [1.82, 2.24) is 0 Å². The number of hydrogen-bond donors (Lipinski definition) is 0. The predicted molar refractivity (Wildman–Crippen MR) is 88.4 cm³/mol. The zero-order chi connectivity index (χ0) is 13.4. The van der Waals surface area contributed by atoms with E-state index in [4.69, 9.17) is 11.6 Å². The van der Waals surface area contributed by atoms with Crippen LogP contribution in [0.15, 0.2) is 40.9 Å². The maximum Gasteiger partial charge on any atom is 0.0645 e. The third-order valence-corrected chi connectivity index (χ3v) is 5.94. The summed E-state index contributed by atoms with van der Waals surface area (Å²) in [5, 5.41) is 0.753. The highest BCUT2D eigenvalue weighted by Crippen LogP contribution is 2.36. The van der Waals surface area contributed by atoms with E-state index in [2.05, 4.69) is 56.1 Å². The molecular formula is C16H13Br2Cl. The first kappa shape index (κ1) is 13.7. The fourth-order valence-corrected chi connectivity index (χ4v) is 3.62. The van der Waals surface area contributed by atoms with Gasteiger partial charge in [0.15, 0.2) is 0 Å². The fourth-order valence-electron chi connectivity index (χ4n) is 2.61. The summed E-state index contributed by atoms with van der Waals surface area (Å²) in [6, 6.07) is 12.9. The summed E-state index contributed by atoms with van der Waals surface area (Å²) in [6.45, 7) is 0. The van der Waals surface area contributed by atoms with Gasteiger partial charge in [-0.1, -0.05) is 51.8 Å². The molecule has 0 bridgehead atoms. The van der Waals surface area contributed by atoms with Crippen molar-refractivity contribution in [2.24, 2.45) is 0 Å². The SMILES string of the molecule is Clc1cc(C(Br)c2ccc3c(c2)CCC3)ccc1Br. The molecule has 3 heteroatoms. The molecule has 1 aliphatic rings. The molecule has 3 rings (SSSR count). The number of benzene rings is 2. The number of halogens is 3. The molecule has 0 aromatic heterocycles. The van der Waals surface area contributed by atoms with Crippen molar-refractivity contribution >= 4 is 43.5 Å². The summed E-state index contributed by atoms with van der Waals surface area (Å²) in [7, 11) is 0. The van der Waals surface area contributed by atoms with E-state index in [9.17, 15) is 0 Å². The molecule has 0 saturated heterocycles. The van der Waals surface area contributed by atoms with Crippen LogP contribution in [0.25, 0.3) is 0 Å². The summed E-state index contributed by atoms with van der Waals surface area (Å²) < 4.78 is 0.937. The van der Waals surface area contributed by atoms with E-state index in [-0.39, 0.29) is 4.83 Å². The number of fused-ring (bicyclic) bond motifs is 1. The molecule has 2 aromatic carbocycles. The van der Waals surface area contributed by atoms with Crippen LogP contribution in [-0.4, -0.2) is 0 Å². The van der Waals surface area contributed by atoms with Crippen LogP contribution in [0.1, 0.15) is 33.5 Å². The Morgan fingerprint density at radius 2 is 1.63 bits per heavy atom. The van der Waals surface area contributed by atoms with Gasteiger partial charge in [0, 0.05) is 4.47 Å². The van der Waals surface area contributed by atoms with Gasteiger partial charge in [0.1, 0.15) is 0 Å². The maximum atomic E-state index is 6.17. The Kier molecular flexibility index (Phi) is 4.02. The largest absolute Gasteiger partial charge is 0.0831 e. The molecule has 0 radical (unpaired) electrons. The van der Waals surface area contributed by atoms with Crippen LogP contribution in [0.3, 0.4) is 0 Å². The zero-order valence-electron chi connectivity index (χ0n) is 10.3. The average molecular weight is 401 g/mol. The van der Waals surface area contributed by atoms with Gasteiger partial charge in [-0.3, -0.25) is 0 Å². The van der Waals surface area contributed by atoms with Gasteiger partial charge in [-0.05, 0) is 69.6 Å². The highest BCUT2D eigenvalue weighted by Gasteiger charge is 2.16. The molecule has 0 aliphatic heterocycles. The van der Waals surface area contributed by atoms with Crippen LogP contribution < -0.4 is 0 Å². The minimum Gasteiger partial charge on any atom is -0.0831 e. The van der Waals surface area contributed by atoms with E-state index in [1.165, 1.54) is 41.5 Å². The van der Waals surface area contributed by atoms with E-state index in [0.29, 0.717) is 0 Å². The molecular weight excluding hydrogens is 387 g/mol. The Bertz CT molecular complexity index is 622. The van der Waals surface area contributed by atoms with Crippen molar-refractivity contribution in [2.75, 3.05) is 0 Å². The Morgan fingerprint density at radius 3 is 2.42 bits per heavy atom. The lowest BCUT2D eigenvalue weighted by molar-refractivity contribution is 0.911. The van der Waals surface area contributed by atoms with Gasteiger partial charge < -0.3 is 0 Å². The number of aryl methyl sites for hydroxylation is 2. The van der Waals surface area contributed by atoms with Crippen molar-refractivity contribution in [3.8, 4) is 0 Å². The van der Waals surface area contributed by atoms with E-state index < -0.39 is 0 Å². The predicted octanol–water partition coefficient (Wildman–Crippen LogP) is 6.08. The van der Waals surface area contributed by atoms with Crippen LogP contribution >= 0.6 is 43.5 Å². The second-order valence-electron chi connectivity index (χ2n) is 4.92. The Balaban J connectivity index is 1.94. The standard InChI is InChI=1S/C16H13Br2Cl/c17-14-7-6-13(9-15(14)19)16(18)12-5-4-10-2-1-3-11(10)8-12/h4-9,16H,1-3H2. The van der Waals surface area contributed by atoms with Gasteiger partial charge >= 0.3 is 0 Å². The lowest BCUT2D eigenvalue weighted by atomic mass is 10.0. The number of alkyl halides is 1. The zero-order valence-corrected chi connectivity index (χ0v) is 14.2. The van der Waals surface area contributed by atoms with E-state index in [1.807, 2.05) is 12.1 Å². The third-order valence-electron chi connectivity index (χ3n) is 3.65. The third kappa shape index (κ3) is 2.76. The van der Waals surface area contributed by atoms with Gasteiger partial charge in [0.05, 0.1) is 9.85 Å². The molecule has 2 aromatic rings. The smallest absolute Gasteiger partial charge is 0.0645 e. The molecule has 0 amide bonds. The average Bonchev–Trinajstić information content (AvgIpc) is 2.88. The van der Waals surface area contributed by atoms with Crippen LogP contribution in [-0.2, 0) is 12.8 Å². The van der Waals surface area contributed by atoms with E-state index in [0.717, 1.165) is 9.50 Å². The molecule has 0 N–H and O–H groups in total. The van der Waals surface area contributed by atoms with Crippen molar-refractivity contribution in [1.29, 1.82) is 0 Å². The monoisotopic (exact) mass is 398 g/mol. The summed E-state index contributed by atoms with van der Waals surface area (Å²) in [6.07, 6.45) is 3.73. The molecule has 0 heterocycles. The summed E-state index contributed by atoms with van der Waals surface area (Å²) in [5.74, 6) is 0. The Hall–Kier alpha value is -0.310. The van der Waals surface area contributed by atoms with E-state index in [1.54, 1.807) is 0 Å². The van der Waals surface area contributed by atoms with E-state index >= 15 is 0 Å². The maximum absolute atomic E-state index is 6.17. The number of rotatable bonds is 2. The van der Waals surface area contributed by atoms with Crippen molar-refractivity contribution in [2.45, 2.75) is 24.1 Å². The summed E-state index contributed by atoms with van der Waals surface area (Å²) in [4.78, 5) is 0.198. The van der Waals surface area contributed by atoms with Crippen LogP contribution in [0.5, 0.6) is 0 Å². The first-order valence-corrected chi connectivity index (χ1v) is 8.44. The van der Waals surface area contributed by atoms with Gasteiger partial charge in [-0.2, -0.15) is 0 Å². The minimum absolute atomic E-state index is 0.198. The quantitative estimate of drug-likeness (QED) is 0.536. The topological polar surface area (TPSA) is 0 Å². The first-order chi connectivity index (χ1) is 9.15. The second kappa shape index (κ2) is 5.59. The van der Waals surface area contributed by atoms with Gasteiger partial charge in [-0.25, -0.2) is 0 Å². The molecule has 98 valence electrons. The Morgan fingerprint density at radius 1 is 0.947 bits per heavy atom. The van der Waals surface area contributed by atoms with Crippen LogP contribution in [0.2, 0.25) is 5.02 Å². The van der Waals surface area contributed by atoms with Crippen LogP contribution in [0, 0.1) is 0 Å². The van der Waals surface area contributed by atoms with Gasteiger partial charge in [0.25, 0.3) is 0 Å². The van der Waals surface area contributed by atoms with Crippen molar-refractivity contribution < 1.29 is 0 Å². The lowest BCUT2D eigenvalue weighted by Crippen LogP contribution is -1.95. The highest BCUT2D eigenvalue weighted by atomic mass is 79.9. The summed E-state index contributed by atoms with van der Waals surface area (Å²) >= 11 is 13.4. The lowest BCUT2D eigenvalue weighted by Gasteiger charge is -2.13. The highest BCUT2D eigenvalue weighted by molar-refractivity contribution is 9.10. The molecule has 0 nitrogen and oxygen atoms in total. The molecule has 0 fully saturated rings. The summed E-state index contributed by atoms with van der Waals surface area (Å²) in [5.41, 5.74) is 5.51. The number of hydrogen-bond acceptors (Lipinski definition) is 0. The van der Waals surface area contributed by atoms with Crippen LogP contribution in [0.4, 0.5) is 0 Å². The van der Waals surface area contributed by atoms with Gasteiger partial charge in [-0.15, -0.1) is 0 Å². The molecule has 0 saturated carbocycles.